The maximum Gasteiger partial charge on any atom is 0.257 e. The summed E-state index contributed by atoms with van der Waals surface area (Å²) in [5, 5.41) is 21.7. The molecule has 0 saturated carbocycles. The molecule has 0 spiro atoms. The fraction of sp³-hybridized carbons (Fsp3) is 0.0769. The number of hydrogen-bond acceptors (Lipinski definition) is 5. The molecule has 0 aliphatic rings. The van der Waals surface area contributed by atoms with Crippen molar-refractivity contribution >= 4 is 40.8 Å². The van der Waals surface area contributed by atoms with E-state index in [1.807, 2.05) is 18.4 Å². The maximum absolute atomic E-state index is 11.9. The summed E-state index contributed by atoms with van der Waals surface area (Å²) in [6, 6.07) is 10.7. The third kappa shape index (κ3) is 3.59. The van der Waals surface area contributed by atoms with E-state index in [-0.39, 0.29) is 11.0 Å². The van der Waals surface area contributed by atoms with Gasteiger partial charge < -0.3 is 5.32 Å². The van der Waals surface area contributed by atoms with Crippen LogP contribution in [0.15, 0.2) is 35.4 Å². The Bertz CT molecular complexity index is 705. The zero-order valence-corrected chi connectivity index (χ0v) is 12.6. The van der Waals surface area contributed by atoms with E-state index >= 15 is 0 Å². The molecular formula is C13H11N5OS2. The smallest absolute Gasteiger partial charge is 0.257 e. The molecule has 0 saturated heterocycles. The van der Waals surface area contributed by atoms with Crippen LogP contribution in [0.25, 0.3) is 0 Å². The molecule has 2 aromatic rings. The molecule has 0 atom stereocenters. The van der Waals surface area contributed by atoms with Gasteiger partial charge in [0.05, 0.1) is 0 Å². The van der Waals surface area contributed by atoms with Gasteiger partial charge in [-0.25, -0.2) is 0 Å². The Labute approximate surface area is 130 Å². The lowest BCUT2D eigenvalue weighted by molar-refractivity contribution is 0.0977. The third-order valence-electron chi connectivity index (χ3n) is 2.54. The summed E-state index contributed by atoms with van der Waals surface area (Å²) in [7, 11) is 0. The van der Waals surface area contributed by atoms with Crippen molar-refractivity contribution in [2.45, 2.75) is 5.03 Å². The summed E-state index contributed by atoms with van der Waals surface area (Å²) < 4.78 is 0. The zero-order valence-electron chi connectivity index (χ0n) is 11.0. The number of carbonyl (C=O) groups is 1. The largest absolute Gasteiger partial charge is 0.316 e. The van der Waals surface area contributed by atoms with Gasteiger partial charge in [-0.15, -0.1) is 11.8 Å². The van der Waals surface area contributed by atoms with Gasteiger partial charge in [-0.2, -0.15) is 10.4 Å². The molecule has 2 rings (SSSR count). The van der Waals surface area contributed by atoms with Crippen LogP contribution in [-0.4, -0.2) is 27.5 Å². The van der Waals surface area contributed by atoms with Crippen molar-refractivity contribution < 1.29 is 4.79 Å². The first-order valence-corrected chi connectivity index (χ1v) is 7.49. The van der Waals surface area contributed by atoms with Crippen molar-refractivity contribution in [1.29, 1.82) is 5.26 Å². The molecule has 21 heavy (non-hydrogen) atoms. The second kappa shape index (κ2) is 6.88. The molecule has 8 heteroatoms. The van der Waals surface area contributed by atoms with Gasteiger partial charge in [-0.1, -0.05) is 18.2 Å². The van der Waals surface area contributed by atoms with Gasteiger partial charge in [0, 0.05) is 5.56 Å². The Balaban J connectivity index is 2.04. The Morgan fingerprint density at radius 2 is 2.14 bits per heavy atom. The number of aromatic amines is 1. The lowest BCUT2D eigenvalue weighted by Crippen LogP contribution is -2.34. The number of aromatic nitrogens is 2. The number of benzene rings is 1. The van der Waals surface area contributed by atoms with Crippen molar-refractivity contribution in [2.75, 3.05) is 11.6 Å². The van der Waals surface area contributed by atoms with Crippen LogP contribution in [-0.2, 0) is 0 Å². The number of nitrogens with one attached hydrogen (secondary N) is 3. The Hall–Kier alpha value is -2.37. The minimum atomic E-state index is -0.323. The number of nitrogens with zero attached hydrogens (tertiary/aromatic N) is 2. The van der Waals surface area contributed by atoms with Crippen LogP contribution in [0.3, 0.4) is 0 Å². The molecule has 0 aliphatic heterocycles. The molecule has 0 fully saturated rings. The lowest BCUT2D eigenvalue weighted by atomic mass is 10.2. The average Bonchev–Trinajstić information content (AvgIpc) is 2.89. The van der Waals surface area contributed by atoms with Crippen molar-refractivity contribution in [3.8, 4) is 6.07 Å². The molecule has 1 heterocycles. The van der Waals surface area contributed by atoms with E-state index in [4.69, 9.17) is 17.5 Å². The van der Waals surface area contributed by atoms with E-state index in [1.54, 1.807) is 24.3 Å². The van der Waals surface area contributed by atoms with Crippen LogP contribution in [0, 0.1) is 11.3 Å². The minimum absolute atomic E-state index is 0.0941. The number of H-pyrrole nitrogens is 1. The number of thioether (sulfide) groups is 1. The number of rotatable bonds is 3. The van der Waals surface area contributed by atoms with Crippen molar-refractivity contribution in [2.24, 2.45) is 0 Å². The topological polar surface area (TPSA) is 93.6 Å². The van der Waals surface area contributed by atoms with Gasteiger partial charge in [-0.3, -0.25) is 15.2 Å². The van der Waals surface area contributed by atoms with Gasteiger partial charge in [0.2, 0.25) is 0 Å². The SMILES string of the molecule is CSc1n[nH]c(NC(=S)NC(=O)c2ccccc2)c1C#N. The highest BCUT2D eigenvalue weighted by molar-refractivity contribution is 7.98. The van der Waals surface area contributed by atoms with Crippen LogP contribution in [0.4, 0.5) is 5.82 Å². The van der Waals surface area contributed by atoms with Gasteiger partial charge in [0.15, 0.2) is 5.11 Å². The molecule has 1 aromatic carbocycles. The van der Waals surface area contributed by atoms with Crippen LogP contribution in [0.1, 0.15) is 15.9 Å². The first kappa shape index (κ1) is 15.0. The second-order valence-electron chi connectivity index (χ2n) is 3.87. The molecule has 6 nitrogen and oxygen atoms in total. The second-order valence-corrected chi connectivity index (χ2v) is 5.07. The minimum Gasteiger partial charge on any atom is -0.316 e. The number of hydrogen-bond donors (Lipinski definition) is 3. The summed E-state index contributed by atoms with van der Waals surface area (Å²) in [4.78, 5) is 11.9. The van der Waals surface area contributed by atoms with Gasteiger partial charge in [-0.05, 0) is 30.6 Å². The normalized spacial score (nSPS) is 9.71. The fourth-order valence-electron chi connectivity index (χ4n) is 1.58. The number of carbonyl (C=O) groups excluding carboxylic acids is 1. The molecule has 106 valence electrons. The van der Waals surface area contributed by atoms with Crippen LogP contribution < -0.4 is 10.6 Å². The van der Waals surface area contributed by atoms with E-state index < -0.39 is 0 Å². The van der Waals surface area contributed by atoms with Gasteiger partial charge in [0.1, 0.15) is 22.5 Å². The third-order valence-corrected chi connectivity index (χ3v) is 3.43. The summed E-state index contributed by atoms with van der Waals surface area (Å²) in [5.41, 5.74) is 0.857. The molecular weight excluding hydrogens is 306 g/mol. The molecule has 3 N–H and O–H groups in total. The predicted molar refractivity (Wildman–Crippen MR) is 85.2 cm³/mol. The Morgan fingerprint density at radius 3 is 2.76 bits per heavy atom. The molecule has 0 unspecified atom stereocenters. The summed E-state index contributed by atoms with van der Waals surface area (Å²) >= 11 is 6.40. The van der Waals surface area contributed by atoms with Crippen molar-refractivity contribution in [3.63, 3.8) is 0 Å². The zero-order chi connectivity index (χ0) is 15.2. The number of amides is 1. The summed E-state index contributed by atoms with van der Waals surface area (Å²) in [6.07, 6.45) is 1.82. The van der Waals surface area contributed by atoms with E-state index in [2.05, 4.69) is 20.8 Å². The molecule has 1 amide bonds. The predicted octanol–water partition coefficient (Wildman–Crippen LogP) is 2.13. The van der Waals surface area contributed by atoms with Crippen molar-refractivity contribution in [1.82, 2.24) is 15.5 Å². The number of thiocarbonyl (C=S) groups is 1. The van der Waals surface area contributed by atoms with Crippen molar-refractivity contribution in [3.05, 3.63) is 41.5 Å². The quantitative estimate of drug-likeness (QED) is 0.593. The first-order valence-electron chi connectivity index (χ1n) is 5.85. The Morgan fingerprint density at radius 1 is 1.43 bits per heavy atom. The molecule has 0 bridgehead atoms. The summed E-state index contributed by atoms with van der Waals surface area (Å²) in [5.74, 6) is 0.0384. The highest BCUT2D eigenvalue weighted by Gasteiger charge is 2.14. The maximum atomic E-state index is 11.9. The average molecular weight is 317 g/mol. The highest BCUT2D eigenvalue weighted by atomic mass is 32.2. The molecule has 0 aliphatic carbocycles. The standard InChI is InChI=1S/C13H11N5OS2/c1-21-12-9(7-14)10(17-18-12)15-13(20)16-11(19)8-5-3-2-4-6-8/h2-6H,1H3,(H3,15,16,17,18,19,20). The Kier molecular flexibility index (Phi) is 4.92. The number of anilines is 1. The monoisotopic (exact) mass is 317 g/mol. The summed E-state index contributed by atoms with van der Waals surface area (Å²) in [6.45, 7) is 0. The lowest BCUT2D eigenvalue weighted by Gasteiger charge is -2.08. The highest BCUT2D eigenvalue weighted by Crippen LogP contribution is 2.22. The number of nitriles is 1. The van der Waals surface area contributed by atoms with E-state index in [1.165, 1.54) is 11.8 Å². The van der Waals surface area contributed by atoms with Crippen LogP contribution in [0.5, 0.6) is 0 Å². The van der Waals surface area contributed by atoms with Crippen LogP contribution >= 0.6 is 24.0 Å². The fourth-order valence-corrected chi connectivity index (χ4v) is 2.26. The first-order chi connectivity index (χ1) is 10.2. The van der Waals surface area contributed by atoms with E-state index in [9.17, 15) is 4.79 Å². The van der Waals surface area contributed by atoms with Gasteiger partial charge in [0.25, 0.3) is 5.91 Å². The van der Waals surface area contributed by atoms with Gasteiger partial charge >= 0.3 is 0 Å². The molecule has 1 aromatic heterocycles. The van der Waals surface area contributed by atoms with Crippen LogP contribution in [0.2, 0.25) is 0 Å². The van der Waals surface area contributed by atoms with E-state index in [0.29, 0.717) is 22.0 Å². The van der Waals surface area contributed by atoms with E-state index in [0.717, 1.165) is 0 Å². The molecule has 0 radical (unpaired) electrons.